The molecule has 0 amide bonds. The van der Waals surface area contributed by atoms with Crippen LogP contribution in [-0.2, 0) is 0 Å². The lowest BCUT2D eigenvalue weighted by Gasteiger charge is -2.08. The lowest BCUT2D eigenvalue weighted by atomic mass is 10.2. The van der Waals surface area contributed by atoms with Gasteiger partial charge in [-0.2, -0.15) is 4.98 Å². The number of ether oxygens (including phenoxy) is 1. The van der Waals surface area contributed by atoms with Crippen molar-refractivity contribution in [2.45, 2.75) is 0 Å². The van der Waals surface area contributed by atoms with Crippen LogP contribution in [0.5, 0.6) is 5.88 Å². The van der Waals surface area contributed by atoms with E-state index in [4.69, 9.17) is 4.74 Å². The van der Waals surface area contributed by atoms with E-state index >= 15 is 0 Å². The summed E-state index contributed by atoms with van der Waals surface area (Å²) in [4.78, 5) is 13.1. The molecule has 20 heavy (non-hydrogen) atoms. The Kier molecular flexibility index (Phi) is 3.37. The van der Waals surface area contributed by atoms with Gasteiger partial charge in [0.05, 0.1) is 10.9 Å². The molecule has 1 aromatic carbocycles. The summed E-state index contributed by atoms with van der Waals surface area (Å²) in [5, 5.41) is 0.896. The van der Waals surface area contributed by atoms with E-state index in [0.29, 0.717) is 18.3 Å². The van der Waals surface area contributed by atoms with Crippen molar-refractivity contribution < 1.29 is 4.74 Å². The van der Waals surface area contributed by atoms with Crippen molar-refractivity contribution in [3.63, 3.8) is 0 Å². The van der Waals surface area contributed by atoms with Gasteiger partial charge in [0.1, 0.15) is 6.61 Å². The van der Waals surface area contributed by atoms with Gasteiger partial charge in [-0.3, -0.25) is 4.98 Å². The van der Waals surface area contributed by atoms with Crippen LogP contribution in [0.3, 0.4) is 0 Å². The predicted molar refractivity (Wildman–Crippen MR) is 78.5 cm³/mol. The molecule has 3 aromatic rings. The van der Waals surface area contributed by atoms with Crippen molar-refractivity contribution in [1.82, 2.24) is 15.0 Å². The first-order chi connectivity index (χ1) is 9.88. The van der Waals surface area contributed by atoms with Crippen molar-refractivity contribution >= 4 is 10.9 Å². The van der Waals surface area contributed by atoms with E-state index in [2.05, 4.69) is 21.5 Å². The Morgan fingerprint density at radius 2 is 1.85 bits per heavy atom. The highest BCUT2D eigenvalue weighted by Crippen LogP contribution is 2.26. The maximum absolute atomic E-state index is 5.65. The SMILES string of the molecule is C=CCOc1nc(-c2ccncc2)nc2ccccc12. The first-order valence-corrected chi connectivity index (χ1v) is 6.29. The molecule has 0 aliphatic rings. The number of aromatic nitrogens is 3. The van der Waals surface area contributed by atoms with Crippen molar-refractivity contribution in [2.75, 3.05) is 6.61 Å². The minimum atomic E-state index is 0.413. The van der Waals surface area contributed by atoms with Crippen LogP contribution in [0.2, 0.25) is 0 Å². The zero-order chi connectivity index (χ0) is 13.8. The molecule has 4 nitrogen and oxygen atoms in total. The van der Waals surface area contributed by atoms with Gasteiger partial charge in [0.25, 0.3) is 0 Å². The Bertz CT molecular complexity index is 741. The Labute approximate surface area is 116 Å². The number of hydrogen-bond donors (Lipinski definition) is 0. The van der Waals surface area contributed by atoms with E-state index in [1.807, 2.05) is 36.4 Å². The fourth-order valence-corrected chi connectivity index (χ4v) is 1.93. The van der Waals surface area contributed by atoms with E-state index < -0.39 is 0 Å². The van der Waals surface area contributed by atoms with E-state index in [9.17, 15) is 0 Å². The lowest BCUT2D eigenvalue weighted by molar-refractivity contribution is 0.353. The third-order valence-electron chi connectivity index (χ3n) is 2.84. The highest BCUT2D eigenvalue weighted by molar-refractivity contribution is 5.85. The molecule has 3 rings (SSSR count). The molecule has 0 bridgehead atoms. The van der Waals surface area contributed by atoms with Crippen LogP contribution in [-0.4, -0.2) is 21.6 Å². The maximum Gasteiger partial charge on any atom is 0.225 e. The number of fused-ring (bicyclic) bond motifs is 1. The normalized spacial score (nSPS) is 10.4. The Morgan fingerprint density at radius 1 is 1.05 bits per heavy atom. The maximum atomic E-state index is 5.65. The van der Waals surface area contributed by atoms with Gasteiger partial charge < -0.3 is 4.74 Å². The summed E-state index contributed by atoms with van der Waals surface area (Å²) < 4.78 is 5.65. The Balaban J connectivity index is 2.17. The summed E-state index contributed by atoms with van der Waals surface area (Å²) in [7, 11) is 0. The molecule has 2 aromatic heterocycles. The molecular weight excluding hydrogens is 250 g/mol. The summed E-state index contributed by atoms with van der Waals surface area (Å²) >= 11 is 0. The predicted octanol–water partition coefficient (Wildman–Crippen LogP) is 3.26. The largest absolute Gasteiger partial charge is 0.473 e. The molecule has 0 saturated carbocycles. The molecule has 2 heterocycles. The van der Waals surface area contributed by atoms with Crippen LogP contribution < -0.4 is 4.74 Å². The van der Waals surface area contributed by atoms with Crippen LogP contribution in [0.4, 0.5) is 0 Å². The number of nitrogens with zero attached hydrogens (tertiary/aromatic N) is 3. The molecule has 0 unspecified atom stereocenters. The molecule has 0 aliphatic carbocycles. The fraction of sp³-hybridized carbons (Fsp3) is 0.0625. The van der Waals surface area contributed by atoms with Gasteiger partial charge in [-0.15, -0.1) is 0 Å². The van der Waals surface area contributed by atoms with Gasteiger partial charge in [0, 0.05) is 18.0 Å². The zero-order valence-corrected chi connectivity index (χ0v) is 10.9. The van der Waals surface area contributed by atoms with Crippen LogP contribution in [0.25, 0.3) is 22.3 Å². The summed E-state index contributed by atoms with van der Waals surface area (Å²) in [6, 6.07) is 11.5. The first kappa shape index (κ1) is 12.3. The number of rotatable bonds is 4. The Morgan fingerprint density at radius 3 is 2.65 bits per heavy atom. The molecule has 0 saturated heterocycles. The van der Waals surface area contributed by atoms with Crippen LogP contribution in [0.15, 0.2) is 61.4 Å². The van der Waals surface area contributed by atoms with Gasteiger partial charge in [0.2, 0.25) is 5.88 Å². The standard InChI is InChI=1S/C16H13N3O/c1-2-11-20-16-13-5-3-4-6-14(13)18-15(19-16)12-7-9-17-10-8-12/h2-10H,1,11H2. The smallest absolute Gasteiger partial charge is 0.225 e. The second-order valence-corrected chi connectivity index (χ2v) is 4.21. The number of para-hydroxylation sites is 1. The van der Waals surface area contributed by atoms with Gasteiger partial charge in [0.15, 0.2) is 5.82 Å². The van der Waals surface area contributed by atoms with Crippen LogP contribution >= 0.6 is 0 Å². The lowest BCUT2D eigenvalue weighted by Crippen LogP contribution is -2.00. The molecule has 4 heteroatoms. The summed E-state index contributed by atoms with van der Waals surface area (Å²) in [5.41, 5.74) is 1.77. The third-order valence-corrected chi connectivity index (χ3v) is 2.84. The molecular formula is C16H13N3O. The third kappa shape index (κ3) is 2.36. The van der Waals surface area contributed by atoms with Crippen molar-refractivity contribution in [3.8, 4) is 17.3 Å². The van der Waals surface area contributed by atoms with Gasteiger partial charge in [-0.25, -0.2) is 4.98 Å². The van der Waals surface area contributed by atoms with Crippen LogP contribution in [0.1, 0.15) is 0 Å². The van der Waals surface area contributed by atoms with E-state index in [1.165, 1.54) is 0 Å². The quantitative estimate of drug-likeness (QED) is 0.678. The number of hydrogen-bond acceptors (Lipinski definition) is 4. The topological polar surface area (TPSA) is 47.9 Å². The van der Waals surface area contributed by atoms with Crippen molar-refractivity contribution in [3.05, 3.63) is 61.4 Å². The minimum absolute atomic E-state index is 0.413. The van der Waals surface area contributed by atoms with Gasteiger partial charge in [-0.1, -0.05) is 24.8 Å². The molecule has 0 radical (unpaired) electrons. The molecule has 0 N–H and O–H groups in total. The molecule has 0 spiro atoms. The van der Waals surface area contributed by atoms with Crippen LogP contribution in [0, 0.1) is 0 Å². The molecule has 0 atom stereocenters. The molecule has 98 valence electrons. The van der Waals surface area contributed by atoms with E-state index in [0.717, 1.165) is 16.5 Å². The summed E-state index contributed by atoms with van der Waals surface area (Å²) in [6.45, 7) is 4.07. The molecule has 0 aliphatic heterocycles. The van der Waals surface area contributed by atoms with Crippen molar-refractivity contribution in [2.24, 2.45) is 0 Å². The monoisotopic (exact) mass is 263 g/mol. The molecule has 0 fully saturated rings. The Hall–Kier alpha value is -2.75. The summed E-state index contributed by atoms with van der Waals surface area (Å²) in [5.74, 6) is 1.20. The second-order valence-electron chi connectivity index (χ2n) is 4.21. The minimum Gasteiger partial charge on any atom is -0.473 e. The van der Waals surface area contributed by atoms with Gasteiger partial charge >= 0.3 is 0 Å². The average Bonchev–Trinajstić information content (AvgIpc) is 2.53. The zero-order valence-electron chi connectivity index (χ0n) is 10.9. The number of benzene rings is 1. The number of pyridine rings is 1. The van der Waals surface area contributed by atoms with Gasteiger partial charge in [-0.05, 0) is 24.3 Å². The fourth-order valence-electron chi connectivity index (χ4n) is 1.93. The highest BCUT2D eigenvalue weighted by Gasteiger charge is 2.09. The second kappa shape index (κ2) is 5.48. The summed E-state index contributed by atoms with van der Waals surface area (Å²) in [6.07, 6.45) is 5.14. The van der Waals surface area contributed by atoms with E-state index in [-0.39, 0.29) is 0 Å². The van der Waals surface area contributed by atoms with Crippen molar-refractivity contribution in [1.29, 1.82) is 0 Å². The first-order valence-electron chi connectivity index (χ1n) is 6.29. The average molecular weight is 263 g/mol. The highest BCUT2D eigenvalue weighted by atomic mass is 16.5. The van der Waals surface area contributed by atoms with E-state index in [1.54, 1.807) is 18.5 Å².